The topological polar surface area (TPSA) is 93.5 Å². The SMILES string of the molecule is COc1cc(-c2ccc(Cn3ccc4c(Cl)ccc(C(=O)N[C@H]5CC[C@@H](C(=O)O)CC5)c43)cc2)ccn1. The Kier molecular flexibility index (Phi) is 7.15. The lowest BCUT2D eigenvalue weighted by Crippen LogP contribution is -2.38. The number of halogens is 1. The maximum absolute atomic E-state index is 13.3. The number of ether oxygens (including phenoxy) is 1. The van der Waals surface area contributed by atoms with Gasteiger partial charge in [-0.2, -0.15) is 0 Å². The summed E-state index contributed by atoms with van der Waals surface area (Å²) in [5.74, 6) is -0.671. The Morgan fingerprint density at radius 1 is 1.05 bits per heavy atom. The van der Waals surface area contributed by atoms with Gasteiger partial charge < -0.3 is 19.7 Å². The van der Waals surface area contributed by atoms with Crippen molar-refractivity contribution in [3.8, 4) is 17.0 Å². The van der Waals surface area contributed by atoms with Crippen molar-refractivity contribution in [2.45, 2.75) is 38.3 Å². The maximum atomic E-state index is 13.3. The highest BCUT2D eigenvalue weighted by Crippen LogP contribution is 2.30. The lowest BCUT2D eigenvalue weighted by molar-refractivity contribution is -0.142. The van der Waals surface area contributed by atoms with E-state index >= 15 is 0 Å². The van der Waals surface area contributed by atoms with Crippen molar-refractivity contribution >= 4 is 34.4 Å². The minimum Gasteiger partial charge on any atom is -0.481 e. The first-order chi connectivity index (χ1) is 17.9. The summed E-state index contributed by atoms with van der Waals surface area (Å²) >= 11 is 6.48. The molecular formula is C29H28ClN3O4. The molecule has 0 spiro atoms. The average molecular weight is 518 g/mol. The minimum absolute atomic E-state index is 0.0309. The molecule has 0 unspecified atom stereocenters. The van der Waals surface area contributed by atoms with Gasteiger partial charge in [-0.3, -0.25) is 9.59 Å². The number of benzene rings is 2. The van der Waals surface area contributed by atoms with Gasteiger partial charge in [-0.15, -0.1) is 0 Å². The number of aromatic nitrogens is 2. The third-order valence-corrected chi connectivity index (χ3v) is 7.44. The Bertz CT molecular complexity index is 1440. The molecule has 7 nitrogen and oxygen atoms in total. The molecule has 1 aliphatic rings. The molecule has 2 heterocycles. The summed E-state index contributed by atoms with van der Waals surface area (Å²) in [5.41, 5.74) is 4.51. The van der Waals surface area contributed by atoms with E-state index < -0.39 is 5.97 Å². The maximum Gasteiger partial charge on any atom is 0.306 e. The van der Waals surface area contributed by atoms with Gasteiger partial charge in [0.15, 0.2) is 0 Å². The van der Waals surface area contributed by atoms with Crippen molar-refractivity contribution in [3.63, 3.8) is 0 Å². The highest BCUT2D eigenvalue weighted by Gasteiger charge is 2.27. The van der Waals surface area contributed by atoms with Crippen molar-refractivity contribution in [2.24, 2.45) is 5.92 Å². The molecular weight excluding hydrogens is 490 g/mol. The van der Waals surface area contributed by atoms with Crippen LogP contribution in [0, 0.1) is 5.92 Å². The van der Waals surface area contributed by atoms with Crippen molar-refractivity contribution in [3.05, 3.63) is 83.1 Å². The van der Waals surface area contributed by atoms with Crippen LogP contribution in [0.1, 0.15) is 41.6 Å². The fourth-order valence-electron chi connectivity index (χ4n) is 5.05. The van der Waals surface area contributed by atoms with Gasteiger partial charge in [0.05, 0.1) is 24.1 Å². The van der Waals surface area contributed by atoms with E-state index in [1.807, 2.05) is 29.0 Å². The molecule has 0 bridgehead atoms. The first-order valence-corrected chi connectivity index (χ1v) is 12.7. The van der Waals surface area contributed by atoms with Gasteiger partial charge in [0.25, 0.3) is 5.91 Å². The lowest BCUT2D eigenvalue weighted by atomic mass is 9.86. The zero-order valence-corrected chi connectivity index (χ0v) is 21.2. The number of fused-ring (bicyclic) bond motifs is 1. The number of methoxy groups -OCH3 is 1. The monoisotopic (exact) mass is 517 g/mol. The molecule has 190 valence electrons. The van der Waals surface area contributed by atoms with E-state index in [4.69, 9.17) is 16.3 Å². The molecule has 1 aliphatic carbocycles. The van der Waals surface area contributed by atoms with Crippen molar-refractivity contribution < 1.29 is 19.4 Å². The van der Waals surface area contributed by atoms with Gasteiger partial charge in [0.1, 0.15) is 0 Å². The number of carbonyl (C=O) groups excluding carboxylic acids is 1. The Labute approximate surface area is 220 Å². The van der Waals surface area contributed by atoms with Crippen molar-refractivity contribution in [1.82, 2.24) is 14.9 Å². The molecule has 2 N–H and O–H groups in total. The highest BCUT2D eigenvalue weighted by atomic mass is 35.5. The number of hydrogen-bond donors (Lipinski definition) is 2. The lowest BCUT2D eigenvalue weighted by Gasteiger charge is -2.27. The predicted octanol–water partition coefficient (Wildman–Crippen LogP) is 5.79. The van der Waals surface area contributed by atoms with Gasteiger partial charge in [0.2, 0.25) is 5.88 Å². The average Bonchev–Trinajstić information content (AvgIpc) is 3.34. The Morgan fingerprint density at radius 3 is 2.51 bits per heavy atom. The summed E-state index contributed by atoms with van der Waals surface area (Å²) in [6.45, 7) is 0.577. The van der Waals surface area contributed by atoms with Crippen molar-refractivity contribution in [1.29, 1.82) is 0 Å². The molecule has 2 aromatic carbocycles. The second-order valence-corrected chi connectivity index (χ2v) is 9.85. The summed E-state index contributed by atoms with van der Waals surface area (Å²) in [4.78, 5) is 28.7. The number of carboxylic acid groups (broad SMARTS) is 1. The number of amides is 1. The molecule has 1 saturated carbocycles. The van der Waals surface area contributed by atoms with Gasteiger partial charge in [-0.05, 0) is 66.6 Å². The third-order valence-electron chi connectivity index (χ3n) is 7.11. The van der Waals surface area contributed by atoms with Crippen LogP contribution in [-0.2, 0) is 11.3 Å². The van der Waals surface area contributed by atoms with Gasteiger partial charge in [0, 0.05) is 41.5 Å². The summed E-state index contributed by atoms with van der Waals surface area (Å²) in [5, 5.41) is 13.8. The Morgan fingerprint density at radius 2 is 1.81 bits per heavy atom. The number of nitrogens with one attached hydrogen (secondary N) is 1. The molecule has 4 aromatic rings. The molecule has 0 atom stereocenters. The third kappa shape index (κ3) is 5.32. The largest absolute Gasteiger partial charge is 0.481 e. The summed E-state index contributed by atoms with van der Waals surface area (Å²) in [6.07, 6.45) is 6.16. The number of pyridine rings is 1. The number of aliphatic carboxylic acids is 1. The number of carbonyl (C=O) groups is 2. The molecule has 2 aromatic heterocycles. The van der Waals surface area contributed by atoms with Crippen LogP contribution in [0.25, 0.3) is 22.0 Å². The molecule has 5 rings (SSSR count). The molecule has 0 aliphatic heterocycles. The number of nitrogens with zero attached hydrogens (tertiary/aromatic N) is 2. The fraction of sp³-hybridized carbons (Fsp3) is 0.276. The molecule has 0 radical (unpaired) electrons. The van der Waals surface area contributed by atoms with Gasteiger partial charge in [-0.1, -0.05) is 35.9 Å². The van der Waals surface area contributed by atoms with Crippen molar-refractivity contribution in [2.75, 3.05) is 7.11 Å². The normalized spacial score (nSPS) is 17.5. The minimum atomic E-state index is -0.754. The first kappa shape index (κ1) is 24.8. The smallest absolute Gasteiger partial charge is 0.306 e. The second-order valence-electron chi connectivity index (χ2n) is 9.44. The predicted molar refractivity (Wildman–Crippen MR) is 143 cm³/mol. The molecule has 8 heteroatoms. The van der Waals surface area contributed by atoms with E-state index in [9.17, 15) is 14.7 Å². The van der Waals surface area contributed by atoms with Crippen LogP contribution in [0.5, 0.6) is 5.88 Å². The quantitative estimate of drug-likeness (QED) is 0.324. The van der Waals surface area contributed by atoms with E-state index in [0.717, 1.165) is 27.6 Å². The molecule has 1 amide bonds. The summed E-state index contributed by atoms with van der Waals surface area (Å²) < 4.78 is 7.28. The van der Waals surface area contributed by atoms with E-state index in [0.29, 0.717) is 48.7 Å². The zero-order chi connectivity index (χ0) is 25.9. The Hall–Kier alpha value is -3.84. The number of rotatable bonds is 7. The second kappa shape index (κ2) is 10.6. The van der Waals surface area contributed by atoms with E-state index in [2.05, 4.69) is 34.6 Å². The van der Waals surface area contributed by atoms with Crippen LogP contribution in [0.2, 0.25) is 5.02 Å². The van der Waals surface area contributed by atoms with Gasteiger partial charge >= 0.3 is 5.97 Å². The van der Waals surface area contributed by atoms with Crippen LogP contribution in [-0.4, -0.2) is 39.7 Å². The van der Waals surface area contributed by atoms with Crippen LogP contribution >= 0.6 is 11.6 Å². The van der Waals surface area contributed by atoms with Crippen LogP contribution in [0.15, 0.2) is 67.0 Å². The van der Waals surface area contributed by atoms with E-state index in [1.165, 1.54) is 0 Å². The molecule has 1 fully saturated rings. The van der Waals surface area contributed by atoms with Crippen LogP contribution < -0.4 is 10.1 Å². The zero-order valence-electron chi connectivity index (χ0n) is 20.5. The molecule has 37 heavy (non-hydrogen) atoms. The fourth-order valence-corrected chi connectivity index (χ4v) is 5.27. The standard InChI is InChI=1S/C29H28ClN3O4/c1-37-26-16-21(12-14-31-26)19-4-2-18(3-5-19)17-33-15-13-23-25(30)11-10-24(27(23)33)28(34)32-22-8-6-20(7-9-22)29(35)36/h2-5,10-16,20,22H,6-9,17H2,1H3,(H,32,34)(H,35,36)/t20-,22+. The number of hydrogen-bond acceptors (Lipinski definition) is 4. The van der Waals surface area contributed by atoms with E-state index in [-0.39, 0.29) is 17.9 Å². The highest BCUT2D eigenvalue weighted by molar-refractivity contribution is 6.36. The van der Waals surface area contributed by atoms with Crippen LogP contribution in [0.4, 0.5) is 0 Å². The van der Waals surface area contributed by atoms with E-state index in [1.54, 1.807) is 25.4 Å². The van der Waals surface area contributed by atoms with Gasteiger partial charge in [-0.25, -0.2) is 4.98 Å². The summed E-state index contributed by atoms with van der Waals surface area (Å²) in [7, 11) is 1.60. The Balaban J connectivity index is 1.36. The summed E-state index contributed by atoms with van der Waals surface area (Å²) in [6, 6.07) is 17.5. The van der Waals surface area contributed by atoms with Crippen LogP contribution in [0.3, 0.4) is 0 Å². The number of carboxylic acids is 1. The molecule has 0 saturated heterocycles. The first-order valence-electron chi connectivity index (χ1n) is 12.3.